The van der Waals surface area contributed by atoms with Crippen LogP contribution in [-0.2, 0) is 5.88 Å². The summed E-state index contributed by atoms with van der Waals surface area (Å²) in [4.78, 5) is 0. The Hall–Kier alpha value is -0.280. The average molecular weight is 303 g/mol. The molecule has 0 aromatic heterocycles. The van der Waals surface area contributed by atoms with Crippen molar-refractivity contribution in [2.45, 2.75) is 5.88 Å². The Morgan fingerprint density at radius 2 is 2.00 bits per heavy atom. The van der Waals surface area contributed by atoms with E-state index in [0.717, 1.165) is 0 Å². The van der Waals surface area contributed by atoms with E-state index >= 15 is 0 Å². The van der Waals surface area contributed by atoms with E-state index in [1.807, 2.05) is 0 Å². The summed E-state index contributed by atoms with van der Waals surface area (Å²) in [7, 11) is 0. The van der Waals surface area contributed by atoms with Gasteiger partial charge in [0.1, 0.15) is 0 Å². The van der Waals surface area contributed by atoms with E-state index in [-0.39, 0.29) is 0 Å². The molecule has 0 spiro atoms. The molecule has 2 rings (SSSR count). The van der Waals surface area contributed by atoms with E-state index in [2.05, 4.69) is 59.0 Å². The predicted octanol–water partition coefficient (Wildman–Crippen LogP) is 4.18. The van der Waals surface area contributed by atoms with E-state index in [0.29, 0.717) is 5.88 Å². The van der Waals surface area contributed by atoms with E-state index in [9.17, 15) is 0 Å². The number of fused-ring (bicyclic) bond motifs is 1. The van der Waals surface area contributed by atoms with E-state index < -0.39 is 0 Å². The van der Waals surface area contributed by atoms with Crippen LogP contribution in [0.4, 0.5) is 0 Å². The summed E-state index contributed by atoms with van der Waals surface area (Å²) < 4.78 is 1.28. The van der Waals surface area contributed by atoms with Crippen molar-refractivity contribution in [1.82, 2.24) is 0 Å². The number of halogens is 2. The van der Waals surface area contributed by atoms with Crippen molar-refractivity contribution in [2.24, 2.45) is 0 Å². The highest BCUT2D eigenvalue weighted by molar-refractivity contribution is 14.1. The third-order valence-corrected chi connectivity index (χ3v) is 3.30. The van der Waals surface area contributed by atoms with Gasteiger partial charge in [-0.3, -0.25) is 0 Å². The van der Waals surface area contributed by atoms with Gasteiger partial charge in [-0.15, -0.1) is 11.6 Å². The molecule has 0 aliphatic rings. The van der Waals surface area contributed by atoms with Gasteiger partial charge in [-0.1, -0.05) is 24.3 Å². The lowest BCUT2D eigenvalue weighted by Gasteiger charge is -2.02. The third-order valence-electron chi connectivity index (χ3n) is 2.05. The zero-order valence-corrected chi connectivity index (χ0v) is 9.84. The maximum Gasteiger partial charge on any atom is 0.0474 e. The molecule has 0 aliphatic heterocycles. The molecule has 2 heteroatoms. The van der Waals surface area contributed by atoms with Crippen molar-refractivity contribution in [3.8, 4) is 0 Å². The Bertz CT molecular complexity index is 437. The second-order valence-electron chi connectivity index (χ2n) is 2.93. The Morgan fingerprint density at radius 3 is 2.77 bits per heavy atom. The van der Waals surface area contributed by atoms with Crippen LogP contribution >= 0.6 is 34.2 Å². The maximum absolute atomic E-state index is 5.78. The highest BCUT2D eigenvalue weighted by Gasteiger charge is 1.98. The molecule has 0 saturated heterocycles. The first kappa shape index (κ1) is 9.28. The number of alkyl halides is 1. The smallest absolute Gasteiger partial charge is 0.0474 e. The first-order valence-electron chi connectivity index (χ1n) is 4.04. The maximum atomic E-state index is 5.78. The first-order chi connectivity index (χ1) is 6.31. The number of benzene rings is 2. The van der Waals surface area contributed by atoms with Gasteiger partial charge >= 0.3 is 0 Å². The molecule has 13 heavy (non-hydrogen) atoms. The van der Waals surface area contributed by atoms with Crippen LogP contribution in [0.25, 0.3) is 10.8 Å². The quantitative estimate of drug-likeness (QED) is 0.547. The Balaban J connectivity index is 2.74. The van der Waals surface area contributed by atoms with Crippen molar-refractivity contribution < 1.29 is 0 Å². The zero-order chi connectivity index (χ0) is 9.26. The molecule has 0 aliphatic carbocycles. The largest absolute Gasteiger partial charge is 0.122 e. The minimum atomic E-state index is 0.584. The molecule has 0 unspecified atom stereocenters. The molecule has 0 fully saturated rings. The van der Waals surface area contributed by atoms with Crippen molar-refractivity contribution in [1.29, 1.82) is 0 Å². The summed E-state index contributed by atoms with van der Waals surface area (Å²) in [6.07, 6.45) is 0. The molecule has 0 heterocycles. The average Bonchev–Trinajstić information content (AvgIpc) is 2.18. The van der Waals surface area contributed by atoms with Crippen molar-refractivity contribution in [3.05, 3.63) is 45.5 Å². The molecule has 0 radical (unpaired) electrons. The molecule has 0 atom stereocenters. The van der Waals surface area contributed by atoms with Gasteiger partial charge in [-0.2, -0.15) is 0 Å². The summed E-state index contributed by atoms with van der Waals surface area (Å²) in [6, 6.07) is 12.7. The standard InChI is InChI=1S/C11H8ClI/c12-7-8-4-5-9-2-1-3-11(13)10(9)6-8/h1-6H,7H2. The molecular weight excluding hydrogens is 294 g/mol. The summed E-state index contributed by atoms with van der Waals surface area (Å²) in [5, 5.41) is 2.57. The van der Waals surface area contributed by atoms with Crippen molar-refractivity contribution in [2.75, 3.05) is 0 Å². The molecule has 66 valence electrons. The van der Waals surface area contributed by atoms with E-state index in [1.165, 1.54) is 19.9 Å². The molecular formula is C11H8ClI. The molecule has 0 N–H and O–H groups in total. The second-order valence-corrected chi connectivity index (χ2v) is 4.36. The summed E-state index contributed by atoms with van der Waals surface area (Å²) >= 11 is 8.13. The van der Waals surface area contributed by atoms with Gasteiger partial charge in [0.2, 0.25) is 0 Å². The van der Waals surface area contributed by atoms with Crippen LogP contribution < -0.4 is 0 Å². The Morgan fingerprint density at radius 1 is 1.15 bits per heavy atom. The Labute approximate surface area is 96.0 Å². The fraction of sp³-hybridized carbons (Fsp3) is 0.0909. The van der Waals surface area contributed by atoms with Gasteiger partial charge in [0.25, 0.3) is 0 Å². The molecule has 2 aromatic carbocycles. The minimum Gasteiger partial charge on any atom is -0.122 e. The lowest BCUT2D eigenvalue weighted by atomic mass is 10.1. The summed E-state index contributed by atoms with van der Waals surface area (Å²) in [5.41, 5.74) is 1.18. The van der Waals surface area contributed by atoms with Crippen LogP contribution in [0.5, 0.6) is 0 Å². The molecule has 0 saturated carbocycles. The lowest BCUT2D eigenvalue weighted by molar-refractivity contribution is 1.42. The third kappa shape index (κ3) is 1.81. The van der Waals surface area contributed by atoms with Crippen molar-refractivity contribution in [3.63, 3.8) is 0 Å². The van der Waals surface area contributed by atoms with Gasteiger partial charge in [0, 0.05) is 9.45 Å². The highest BCUT2D eigenvalue weighted by atomic mass is 127. The van der Waals surface area contributed by atoms with Gasteiger partial charge in [0.15, 0.2) is 0 Å². The van der Waals surface area contributed by atoms with E-state index in [1.54, 1.807) is 0 Å². The topological polar surface area (TPSA) is 0 Å². The lowest BCUT2D eigenvalue weighted by Crippen LogP contribution is -1.81. The van der Waals surface area contributed by atoms with Crippen LogP contribution in [0.2, 0.25) is 0 Å². The molecule has 0 nitrogen and oxygen atoms in total. The molecule has 2 aromatic rings. The highest BCUT2D eigenvalue weighted by Crippen LogP contribution is 2.22. The Kier molecular flexibility index (Phi) is 2.74. The fourth-order valence-corrected chi connectivity index (χ4v) is 2.21. The zero-order valence-electron chi connectivity index (χ0n) is 6.93. The van der Waals surface area contributed by atoms with Crippen LogP contribution in [0, 0.1) is 3.57 Å². The fourth-order valence-electron chi connectivity index (χ4n) is 1.36. The normalized spacial score (nSPS) is 10.6. The first-order valence-corrected chi connectivity index (χ1v) is 5.66. The SMILES string of the molecule is ClCc1ccc2cccc(I)c2c1. The summed E-state index contributed by atoms with van der Waals surface area (Å²) in [6.45, 7) is 0. The molecule has 0 amide bonds. The van der Waals surface area contributed by atoms with Gasteiger partial charge in [-0.25, -0.2) is 0 Å². The van der Waals surface area contributed by atoms with Gasteiger partial charge in [-0.05, 0) is 51.1 Å². The van der Waals surface area contributed by atoms with Gasteiger partial charge in [0.05, 0.1) is 0 Å². The predicted molar refractivity (Wildman–Crippen MR) is 66.2 cm³/mol. The van der Waals surface area contributed by atoms with Gasteiger partial charge < -0.3 is 0 Å². The summed E-state index contributed by atoms with van der Waals surface area (Å²) in [5.74, 6) is 0.584. The molecule has 0 bridgehead atoms. The van der Waals surface area contributed by atoms with Crippen molar-refractivity contribution >= 4 is 45.0 Å². The number of rotatable bonds is 1. The second kappa shape index (κ2) is 3.84. The van der Waals surface area contributed by atoms with E-state index in [4.69, 9.17) is 11.6 Å². The van der Waals surface area contributed by atoms with Crippen LogP contribution in [0.15, 0.2) is 36.4 Å². The number of hydrogen-bond acceptors (Lipinski definition) is 0. The van der Waals surface area contributed by atoms with Crippen LogP contribution in [0.1, 0.15) is 5.56 Å². The van der Waals surface area contributed by atoms with Crippen LogP contribution in [-0.4, -0.2) is 0 Å². The van der Waals surface area contributed by atoms with Crippen LogP contribution in [0.3, 0.4) is 0 Å². The monoisotopic (exact) mass is 302 g/mol. The minimum absolute atomic E-state index is 0.584. The number of hydrogen-bond donors (Lipinski definition) is 0.